The van der Waals surface area contributed by atoms with E-state index in [-0.39, 0.29) is 20.5 Å². The number of anilines is 1. The molecule has 0 aliphatic heterocycles. The molecule has 0 radical (unpaired) electrons. The van der Waals surface area contributed by atoms with Gasteiger partial charge in [0.2, 0.25) is 0 Å². The first kappa shape index (κ1) is 15.8. The van der Waals surface area contributed by atoms with E-state index in [9.17, 15) is 13.2 Å². The van der Waals surface area contributed by atoms with Gasteiger partial charge in [-0.15, -0.1) is 11.3 Å². The molecule has 0 saturated carbocycles. The Hall–Kier alpha value is -1.57. The highest BCUT2D eigenvalue weighted by Crippen LogP contribution is 2.31. The molecule has 1 N–H and O–H groups in total. The number of sulfonamides is 1. The number of halogens is 1. The van der Waals surface area contributed by atoms with Crippen LogP contribution < -0.4 is 4.72 Å². The highest BCUT2D eigenvalue weighted by Gasteiger charge is 2.24. The first-order valence-electron chi connectivity index (χ1n) is 5.80. The van der Waals surface area contributed by atoms with E-state index in [0.29, 0.717) is 5.56 Å². The molecule has 0 amide bonds. The van der Waals surface area contributed by atoms with Crippen LogP contribution in [0.25, 0.3) is 0 Å². The third-order valence-corrected chi connectivity index (χ3v) is 5.64. The zero-order chi connectivity index (χ0) is 15.6. The van der Waals surface area contributed by atoms with E-state index in [4.69, 9.17) is 11.6 Å². The molecule has 0 atom stereocenters. The first-order valence-corrected chi connectivity index (χ1v) is 8.54. The molecular weight excluding hydrogens is 334 g/mol. The van der Waals surface area contributed by atoms with Gasteiger partial charge >= 0.3 is 5.97 Å². The highest BCUT2D eigenvalue weighted by atomic mass is 35.5. The normalized spacial score (nSPS) is 11.2. The second-order valence-corrected chi connectivity index (χ2v) is 7.09. The van der Waals surface area contributed by atoms with Gasteiger partial charge in [-0.2, -0.15) is 0 Å². The number of thiophene rings is 1. The number of esters is 1. The topological polar surface area (TPSA) is 72.5 Å². The Kier molecular flexibility index (Phi) is 4.55. The van der Waals surface area contributed by atoms with Crippen LogP contribution in [0.4, 0.5) is 5.69 Å². The molecule has 112 valence electrons. The van der Waals surface area contributed by atoms with E-state index in [2.05, 4.69) is 9.46 Å². The van der Waals surface area contributed by atoms with Gasteiger partial charge in [-0.3, -0.25) is 4.72 Å². The van der Waals surface area contributed by atoms with E-state index in [1.807, 2.05) is 0 Å². The third kappa shape index (κ3) is 3.20. The molecule has 1 aromatic carbocycles. The predicted molar refractivity (Wildman–Crippen MR) is 82.7 cm³/mol. The van der Waals surface area contributed by atoms with Crippen molar-refractivity contribution >= 4 is 44.6 Å². The Labute approximate surface area is 131 Å². The summed E-state index contributed by atoms with van der Waals surface area (Å²) in [6.07, 6.45) is 0. The van der Waals surface area contributed by atoms with Gasteiger partial charge in [-0.1, -0.05) is 23.7 Å². The largest absolute Gasteiger partial charge is 0.465 e. The van der Waals surface area contributed by atoms with Gasteiger partial charge in [-0.25, -0.2) is 13.2 Å². The van der Waals surface area contributed by atoms with Gasteiger partial charge in [0.05, 0.1) is 17.8 Å². The van der Waals surface area contributed by atoms with Crippen LogP contribution in [0.5, 0.6) is 0 Å². The Bertz CT molecular complexity index is 783. The van der Waals surface area contributed by atoms with Crippen LogP contribution in [0.15, 0.2) is 34.5 Å². The number of rotatable bonds is 4. The average molecular weight is 346 g/mol. The fourth-order valence-corrected chi connectivity index (χ4v) is 4.32. The maximum absolute atomic E-state index is 12.4. The maximum Gasteiger partial charge on any atom is 0.350 e. The molecular formula is C13H12ClNO4S2. The summed E-state index contributed by atoms with van der Waals surface area (Å²) in [6, 6.07) is 6.08. The smallest absolute Gasteiger partial charge is 0.350 e. The van der Waals surface area contributed by atoms with Gasteiger partial charge in [-0.05, 0) is 30.0 Å². The highest BCUT2D eigenvalue weighted by molar-refractivity contribution is 7.92. The summed E-state index contributed by atoms with van der Waals surface area (Å²) < 4.78 is 31.8. The second-order valence-electron chi connectivity index (χ2n) is 4.15. The van der Waals surface area contributed by atoms with Gasteiger partial charge in [0, 0.05) is 0 Å². The Morgan fingerprint density at radius 2 is 2.00 bits per heavy atom. The summed E-state index contributed by atoms with van der Waals surface area (Å²) in [5.74, 6) is -0.593. The van der Waals surface area contributed by atoms with Crippen LogP contribution in [0, 0.1) is 6.92 Å². The standard InChI is InChI=1S/C13H12ClNO4S2/c1-8-7-20-12(13(16)19-2)11(8)15-21(17,18)10-6-4-3-5-9(10)14/h3-7,15H,1-2H3. The molecule has 0 unspecified atom stereocenters. The van der Waals surface area contributed by atoms with E-state index in [0.717, 1.165) is 11.3 Å². The van der Waals surface area contributed by atoms with Crippen molar-refractivity contribution in [2.24, 2.45) is 0 Å². The monoisotopic (exact) mass is 345 g/mol. The molecule has 0 spiro atoms. The Balaban J connectivity index is 2.45. The van der Waals surface area contributed by atoms with Gasteiger partial charge in [0.15, 0.2) is 0 Å². The third-order valence-electron chi connectivity index (χ3n) is 2.71. The van der Waals surface area contributed by atoms with E-state index < -0.39 is 16.0 Å². The number of nitrogens with one attached hydrogen (secondary N) is 1. The van der Waals surface area contributed by atoms with E-state index >= 15 is 0 Å². The van der Waals surface area contributed by atoms with Crippen molar-refractivity contribution in [3.63, 3.8) is 0 Å². The van der Waals surface area contributed by atoms with E-state index in [1.165, 1.54) is 19.2 Å². The summed E-state index contributed by atoms with van der Waals surface area (Å²) in [7, 11) is -2.64. The molecule has 1 heterocycles. The quantitative estimate of drug-likeness (QED) is 0.863. The van der Waals surface area contributed by atoms with E-state index in [1.54, 1.807) is 24.4 Å². The molecule has 0 bridgehead atoms. The van der Waals surface area contributed by atoms with Gasteiger partial charge in [0.1, 0.15) is 9.77 Å². The lowest BCUT2D eigenvalue weighted by Gasteiger charge is -2.10. The van der Waals surface area contributed by atoms with Crippen molar-refractivity contribution < 1.29 is 17.9 Å². The number of ether oxygens (including phenoxy) is 1. The van der Waals surface area contributed by atoms with Crippen LogP contribution in [0.1, 0.15) is 15.2 Å². The number of carbonyl (C=O) groups is 1. The molecule has 21 heavy (non-hydrogen) atoms. The van der Waals surface area contributed by atoms with Gasteiger partial charge < -0.3 is 4.74 Å². The average Bonchev–Trinajstić information content (AvgIpc) is 2.79. The van der Waals surface area contributed by atoms with Crippen LogP contribution in [-0.4, -0.2) is 21.5 Å². The van der Waals surface area contributed by atoms with Crippen molar-refractivity contribution in [3.05, 3.63) is 45.1 Å². The SMILES string of the molecule is COC(=O)c1scc(C)c1NS(=O)(=O)c1ccccc1Cl. The van der Waals surface area contributed by atoms with Gasteiger partial charge in [0.25, 0.3) is 10.0 Å². The number of carbonyl (C=O) groups excluding carboxylic acids is 1. The number of methoxy groups -OCH3 is 1. The Morgan fingerprint density at radius 3 is 2.62 bits per heavy atom. The second kappa shape index (κ2) is 6.05. The molecule has 0 saturated heterocycles. The molecule has 2 aromatic rings. The summed E-state index contributed by atoms with van der Waals surface area (Å²) >= 11 is 7.02. The molecule has 2 rings (SSSR count). The molecule has 0 fully saturated rings. The van der Waals surface area contributed by atoms with Crippen molar-refractivity contribution in [3.8, 4) is 0 Å². The summed E-state index contributed by atoms with van der Waals surface area (Å²) in [6.45, 7) is 1.70. The number of hydrogen-bond donors (Lipinski definition) is 1. The summed E-state index contributed by atoms with van der Waals surface area (Å²) in [5.41, 5.74) is 0.850. The molecule has 5 nitrogen and oxygen atoms in total. The minimum atomic E-state index is -3.88. The van der Waals surface area contributed by atoms with Crippen molar-refractivity contribution in [2.75, 3.05) is 11.8 Å². The van der Waals surface area contributed by atoms with Crippen LogP contribution in [0.2, 0.25) is 5.02 Å². The summed E-state index contributed by atoms with van der Waals surface area (Å²) in [5, 5.41) is 1.79. The minimum absolute atomic E-state index is 0.0481. The molecule has 0 aliphatic rings. The zero-order valence-electron chi connectivity index (χ0n) is 11.2. The molecule has 8 heteroatoms. The Morgan fingerprint density at radius 1 is 1.33 bits per heavy atom. The lowest BCUT2D eigenvalue weighted by atomic mass is 10.3. The van der Waals surface area contributed by atoms with Crippen LogP contribution in [0.3, 0.4) is 0 Å². The van der Waals surface area contributed by atoms with Crippen molar-refractivity contribution in [1.29, 1.82) is 0 Å². The van der Waals surface area contributed by atoms with Crippen molar-refractivity contribution in [2.45, 2.75) is 11.8 Å². The van der Waals surface area contributed by atoms with Crippen LogP contribution >= 0.6 is 22.9 Å². The maximum atomic E-state index is 12.4. The summed E-state index contributed by atoms with van der Waals surface area (Å²) in [4.78, 5) is 11.8. The first-order chi connectivity index (χ1) is 9.86. The predicted octanol–water partition coefficient (Wildman–Crippen LogP) is 3.30. The fraction of sp³-hybridized carbons (Fsp3) is 0.154. The molecule has 1 aromatic heterocycles. The number of aryl methyl sites for hydroxylation is 1. The minimum Gasteiger partial charge on any atom is -0.465 e. The number of hydrogen-bond acceptors (Lipinski definition) is 5. The lowest BCUT2D eigenvalue weighted by molar-refractivity contribution is 0.0607. The van der Waals surface area contributed by atoms with Crippen molar-refractivity contribution in [1.82, 2.24) is 0 Å². The molecule has 0 aliphatic carbocycles. The lowest BCUT2D eigenvalue weighted by Crippen LogP contribution is -2.16. The number of benzene rings is 1. The fourth-order valence-electron chi connectivity index (χ4n) is 1.67. The van der Waals surface area contributed by atoms with Crippen LogP contribution in [-0.2, 0) is 14.8 Å². The zero-order valence-corrected chi connectivity index (χ0v) is 13.6.